The maximum absolute atomic E-state index is 10.6. The molecule has 80 valence electrons. The Kier molecular flexibility index (Phi) is 2.81. The van der Waals surface area contributed by atoms with Crippen molar-refractivity contribution < 1.29 is 15.1 Å². The molecule has 0 bridgehead atoms. The van der Waals surface area contributed by atoms with Crippen LogP contribution in [0.2, 0.25) is 0 Å². The Morgan fingerprint density at radius 1 is 1.27 bits per heavy atom. The molecule has 0 saturated heterocycles. The topological polar surface area (TPSA) is 119 Å². The Balaban J connectivity index is 3.56. The third-order valence-electron chi connectivity index (χ3n) is 1.86. The Morgan fingerprint density at radius 3 is 2.27 bits per heavy atom. The summed E-state index contributed by atoms with van der Waals surface area (Å²) in [5.41, 5.74) is 0.255. The van der Waals surface area contributed by atoms with Crippen molar-refractivity contribution in [2.75, 3.05) is 5.48 Å². The molecule has 1 aromatic carbocycles. The number of benzene rings is 1. The van der Waals surface area contributed by atoms with Gasteiger partial charge in [-0.25, -0.2) is 0 Å². The van der Waals surface area contributed by atoms with E-state index in [1.54, 1.807) is 5.48 Å². The molecule has 0 radical (unpaired) electrons. The number of hydrogen-bond acceptors (Lipinski definition) is 6. The predicted molar refractivity (Wildman–Crippen MR) is 49.9 cm³/mol. The number of aryl methyl sites for hydroxylation is 1. The Morgan fingerprint density at radius 2 is 1.87 bits per heavy atom. The van der Waals surface area contributed by atoms with Crippen LogP contribution in [0.15, 0.2) is 12.1 Å². The maximum Gasteiger partial charge on any atom is 0.371 e. The molecular weight excluding hydrogens is 206 g/mol. The normalized spacial score (nSPS) is 9.73. The highest BCUT2D eigenvalue weighted by Crippen LogP contribution is 2.36. The van der Waals surface area contributed by atoms with Gasteiger partial charge >= 0.3 is 11.4 Å². The minimum absolute atomic E-state index is 0.269. The number of nitro benzene ring substituents is 2. The highest BCUT2D eigenvalue weighted by Gasteiger charge is 2.29. The Labute approximate surface area is 83.4 Å². The second-order valence-electron chi connectivity index (χ2n) is 2.75. The zero-order valence-electron chi connectivity index (χ0n) is 7.63. The van der Waals surface area contributed by atoms with E-state index in [-0.39, 0.29) is 5.69 Å². The van der Waals surface area contributed by atoms with Crippen LogP contribution in [0.4, 0.5) is 17.1 Å². The summed E-state index contributed by atoms with van der Waals surface area (Å²) in [7, 11) is 0. The van der Waals surface area contributed by atoms with Crippen LogP contribution in [0, 0.1) is 27.2 Å². The van der Waals surface area contributed by atoms with Crippen molar-refractivity contribution in [3.8, 4) is 0 Å². The fourth-order valence-electron chi connectivity index (χ4n) is 1.15. The lowest BCUT2D eigenvalue weighted by atomic mass is 10.1. The fourth-order valence-corrected chi connectivity index (χ4v) is 1.15. The summed E-state index contributed by atoms with van der Waals surface area (Å²) in [6.07, 6.45) is 0. The number of anilines is 1. The summed E-state index contributed by atoms with van der Waals surface area (Å²) in [4.78, 5) is 19.3. The first-order valence-electron chi connectivity index (χ1n) is 3.81. The predicted octanol–water partition coefficient (Wildman–Crippen LogP) is 1.61. The van der Waals surface area contributed by atoms with E-state index in [9.17, 15) is 20.2 Å². The molecule has 8 heteroatoms. The summed E-state index contributed by atoms with van der Waals surface area (Å²) >= 11 is 0. The largest absolute Gasteiger partial charge is 0.371 e. The van der Waals surface area contributed by atoms with E-state index in [0.29, 0.717) is 5.56 Å². The number of nitro groups is 2. The third-order valence-corrected chi connectivity index (χ3v) is 1.86. The van der Waals surface area contributed by atoms with Crippen molar-refractivity contribution >= 4 is 17.1 Å². The number of hydrogen-bond donors (Lipinski definition) is 2. The minimum Gasteiger partial charge on any atom is -0.291 e. The molecule has 0 unspecified atom stereocenters. The second kappa shape index (κ2) is 3.88. The second-order valence-corrected chi connectivity index (χ2v) is 2.75. The number of rotatable bonds is 3. The van der Waals surface area contributed by atoms with E-state index in [0.717, 1.165) is 6.07 Å². The van der Waals surface area contributed by atoms with Crippen LogP contribution in [0.5, 0.6) is 0 Å². The Bertz CT molecular complexity index is 431. The van der Waals surface area contributed by atoms with Gasteiger partial charge in [-0.05, 0) is 18.6 Å². The van der Waals surface area contributed by atoms with Gasteiger partial charge in [-0.1, -0.05) is 0 Å². The molecule has 15 heavy (non-hydrogen) atoms. The first-order chi connectivity index (χ1) is 6.99. The third kappa shape index (κ3) is 1.83. The SMILES string of the molecule is Cc1ccc([N+](=O)[O-])c([N+](=O)[O-])c1NO. The van der Waals surface area contributed by atoms with Gasteiger partial charge in [-0.3, -0.25) is 30.9 Å². The van der Waals surface area contributed by atoms with Crippen LogP contribution in [-0.2, 0) is 0 Å². The smallest absolute Gasteiger partial charge is 0.291 e. The molecule has 2 N–H and O–H groups in total. The molecular formula is C7H7N3O5. The Hall–Kier alpha value is -2.22. The lowest BCUT2D eigenvalue weighted by molar-refractivity contribution is -0.422. The van der Waals surface area contributed by atoms with Crippen molar-refractivity contribution in [2.24, 2.45) is 0 Å². The molecule has 0 aliphatic rings. The minimum atomic E-state index is -0.913. The standard InChI is InChI=1S/C7H7N3O5/c1-4-2-3-5(9(12)13)7(10(14)15)6(4)8-11/h2-3,8,11H,1H3. The van der Waals surface area contributed by atoms with Gasteiger partial charge in [0.05, 0.1) is 9.85 Å². The summed E-state index contributed by atoms with van der Waals surface area (Å²) < 4.78 is 0. The summed E-state index contributed by atoms with van der Waals surface area (Å²) in [5.74, 6) is 0. The van der Waals surface area contributed by atoms with Crippen LogP contribution < -0.4 is 5.48 Å². The van der Waals surface area contributed by atoms with Crippen LogP contribution in [-0.4, -0.2) is 15.1 Å². The van der Waals surface area contributed by atoms with Crippen LogP contribution in [0.25, 0.3) is 0 Å². The number of nitrogens with zero attached hydrogens (tertiary/aromatic N) is 2. The zero-order chi connectivity index (χ0) is 11.6. The average Bonchev–Trinajstić information content (AvgIpc) is 2.16. The van der Waals surface area contributed by atoms with Gasteiger partial charge in [0.25, 0.3) is 0 Å². The summed E-state index contributed by atoms with van der Waals surface area (Å²) in [6, 6.07) is 2.33. The van der Waals surface area contributed by atoms with Crippen molar-refractivity contribution in [1.82, 2.24) is 0 Å². The van der Waals surface area contributed by atoms with Crippen molar-refractivity contribution in [1.29, 1.82) is 0 Å². The summed E-state index contributed by atoms with van der Waals surface area (Å²) in [5, 5.41) is 29.8. The monoisotopic (exact) mass is 213 g/mol. The van der Waals surface area contributed by atoms with E-state index < -0.39 is 21.2 Å². The average molecular weight is 213 g/mol. The molecule has 1 aromatic rings. The van der Waals surface area contributed by atoms with E-state index in [4.69, 9.17) is 5.21 Å². The van der Waals surface area contributed by atoms with E-state index in [1.165, 1.54) is 13.0 Å². The molecule has 0 amide bonds. The molecule has 0 atom stereocenters. The molecule has 0 aliphatic heterocycles. The number of nitrogens with one attached hydrogen (secondary N) is 1. The van der Waals surface area contributed by atoms with Crippen LogP contribution in [0.3, 0.4) is 0 Å². The molecule has 1 rings (SSSR count). The van der Waals surface area contributed by atoms with Gasteiger partial charge in [0.15, 0.2) is 0 Å². The highest BCUT2D eigenvalue weighted by molar-refractivity contribution is 5.73. The molecule has 0 aromatic heterocycles. The fraction of sp³-hybridized carbons (Fsp3) is 0.143. The van der Waals surface area contributed by atoms with Gasteiger partial charge < -0.3 is 0 Å². The van der Waals surface area contributed by atoms with Gasteiger partial charge in [-0.2, -0.15) is 0 Å². The van der Waals surface area contributed by atoms with Crippen LogP contribution >= 0.6 is 0 Å². The molecule has 0 fully saturated rings. The van der Waals surface area contributed by atoms with E-state index in [1.807, 2.05) is 0 Å². The van der Waals surface area contributed by atoms with Crippen molar-refractivity contribution in [3.05, 3.63) is 37.9 Å². The molecule has 0 aliphatic carbocycles. The summed E-state index contributed by atoms with van der Waals surface area (Å²) in [6.45, 7) is 1.48. The molecule has 0 spiro atoms. The molecule has 0 saturated carbocycles. The van der Waals surface area contributed by atoms with Gasteiger partial charge in [-0.15, -0.1) is 0 Å². The van der Waals surface area contributed by atoms with Gasteiger partial charge in [0.1, 0.15) is 5.69 Å². The van der Waals surface area contributed by atoms with E-state index in [2.05, 4.69) is 0 Å². The first kappa shape index (κ1) is 10.9. The molecule has 8 nitrogen and oxygen atoms in total. The van der Waals surface area contributed by atoms with Gasteiger partial charge in [0, 0.05) is 6.07 Å². The lowest BCUT2D eigenvalue weighted by Gasteiger charge is -2.04. The first-order valence-corrected chi connectivity index (χ1v) is 3.81. The zero-order valence-corrected chi connectivity index (χ0v) is 7.63. The van der Waals surface area contributed by atoms with E-state index >= 15 is 0 Å². The molecule has 0 heterocycles. The highest BCUT2D eigenvalue weighted by atomic mass is 16.6. The van der Waals surface area contributed by atoms with Gasteiger partial charge in [0.2, 0.25) is 0 Å². The quantitative estimate of drug-likeness (QED) is 0.581. The lowest BCUT2D eigenvalue weighted by Crippen LogP contribution is -2.03. The van der Waals surface area contributed by atoms with Crippen LogP contribution in [0.1, 0.15) is 5.56 Å². The van der Waals surface area contributed by atoms with Crippen molar-refractivity contribution in [3.63, 3.8) is 0 Å². The van der Waals surface area contributed by atoms with Crippen molar-refractivity contribution in [2.45, 2.75) is 6.92 Å². The maximum atomic E-state index is 10.6.